The van der Waals surface area contributed by atoms with Crippen LogP contribution in [0.15, 0.2) is 17.0 Å². The highest BCUT2D eigenvalue weighted by Gasteiger charge is 2.03. The molecule has 68 valence electrons. The second-order valence-corrected chi connectivity index (χ2v) is 4.09. The number of thioether (sulfide) groups is 1. The van der Waals surface area contributed by atoms with Crippen LogP contribution in [0.3, 0.4) is 0 Å². The Bertz CT molecular complexity index is 350. The van der Waals surface area contributed by atoms with E-state index in [0.29, 0.717) is 5.75 Å². The summed E-state index contributed by atoms with van der Waals surface area (Å²) in [5.41, 5.74) is 3.96. The minimum absolute atomic E-state index is 0.531. The second-order valence-electron chi connectivity index (χ2n) is 3.08. The summed E-state index contributed by atoms with van der Waals surface area (Å²) in [5.74, 6) is 0.531. The number of nitrogens with zero attached hydrogens (tertiary/aromatic N) is 1. The van der Waals surface area contributed by atoms with Crippen LogP contribution < -0.4 is 0 Å². The van der Waals surface area contributed by atoms with Gasteiger partial charge in [-0.3, -0.25) is 0 Å². The van der Waals surface area contributed by atoms with Crippen LogP contribution in [0.25, 0.3) is 0 Å². The van der Waals surface area contributed by atoms with Crippen molar-refractivity contribution in [3.8, 4) is 6.07 Å². The van der Waals surface area contributed by atoms with Crippen LogP contribution in [-0.4, -0.2) is 5.75 Å². The van der Waals surface area contributed by atoms with Crippen LogP contribution in [0.1, 0.15) is 16.7 Å². The second kappa shape index (κ2) is 4.34. The standard InChI is InChI=1S/C11H13NS/c1-8-4-5-11(13-7-6-12)10(3)9(8)2/h4-5H,7H2,1-3H3. The summed E-state index contributed by atoms with van der Waals surface area (Å²) < 4.78 is 0. The molecule has 2 heteroatoms. The highest BCUT2D eigenvalue weighted by atomic mass is 32.2. The van der Waals surface area contributed by atoms with Gasteiger partial charge < -0.3 is 0 Å². The summed E-state index contributed by atoms with van der Waals surface area (Å²) in [6, 6.07) is 6.35. The molecule has 0 aliphatic heterocycles. The fourth-order valence-corrected chi connectivity index (χ4v) is 1.95. The molecule has 1 rings (SSSR count). The first-order chi connectivity index (χ1) is 6.16. The van der Waals surface area contributed by atoms with Crippen molar-refractivity contribution in [2.24, 2.45) is 0 Å². The van der Waals surface area contributed by atoms with Crippen molar-refractivity contribution in [1.29, 1.82) is 5.26 Å². The Hall–Kier alpha value is -0.940. The maximum absolute atomic E-state index is 8.47. The van der Waals surface area contributed by atoms with E-state index in [1.165, 1.54) is 21.6 Å². The van der Waals surface area contributed by atoms with Crippen molar-refractivity contribution in [2.75, 3.05) is 5.75 Å². The molecule has 0 unspecified atom stereocenters. The van der Waals surface area contributed by atoms with E-state index in [1.54, 1.807) is 11.8 Å². The normalized spacial score (nSPS) is 9.69. The minimum atomic E-state index is 0.531. The zero-order valence-electron chi connectivity index (χ0n) is 8.22. The molecule has 0 aliphatic carbocycles. The summed E-state index contributed by atoms with van der Waals surface area (Å²) in [4.78, 5) is 1.23. The molecule has 1 aromatic carbocycles. The Morgan fingerprint density at radius 2 is 1.92 bits per heavy atom. The molecule has 0 saturated heterocycles. The van der Waals surface area contributed by atoms with E-state index in [1.807, 2.05) is 0 Å². The topological polar surface area (TPSA) is 23.8 Å². The third kappa shape index (κ3) is 2.26. The van der Waals surface area contributed by atoms with E-state index >= 15 is 0 Å². The average molecular weight is 191 g/mol. The largest absolute Gasteiger partial charge is 0.197 e. The number of aryl methyl sites for hydroxylation is 1. The molecular weight excluding hydrogens is 178 g/mol. The van der Waals surface area contributed by atoms with Gasteiger partial charge in [0.15, 0.2) is 0 Å². The van der Waals surface area contributed by atoms with E-state index in [0.717, 1.165) is 0 Å². The lowest BCUT2D eigenvalue weighted by Crippen LogP contribution is -1.89. The van der Waals surface area contributed by atoms with Crippen molar-refractivity contribution < 1.29 is 0 Å². The summed E-state index contributed by atoms with van der Waals surface area (Å²) >= 11 is 1.61. The van der Waals surface area contributed by atoms with Gasteiger partial charge in [-0.05, 0) is 43.5 Å². The molecule has 0 spiro atoms. The molecule has 0 amide bonds. The van der Waals surface area contributed by atoms with Crippen molar-refractivity contribution >= 4 is 11.8 Å². The van der Waals surface area contributed by atoms with Gasteiger partial charge in [-0.1, -0.05) is 6.07 Å². The fraction of sp³-hybridized carbons (Fsp3) is 0.364. The van der Waals surface area contributed by atoms with Crippen molar-refractivity contribution in [2.45, 2.75) is 25.7 Å². The Balaban J connectivity index is 2.98. The maximum atomic E-state index is 8.47. The number of nitriles is 1. The molecule has 13 heavy (non-hydrogen) atoms. The minimum Gasteiger partial charge on any atom is -0.197 e. The Morgan fingerprint density at radius 1 is 1.23 bits per heavy atom. The monoisotopic (exact) mass is 191 g/mol. The Kier molecular flexibility index (Phi) is 3.39. The lowest BCUT2D eigenvalue weighted by molar-refractivity contribution is 1.19. The molecule has 1 nitrogen and oxygen atoms in total. The quantitative estimate of drug-likeness (QED) is 0.670. The van der Waals surface area contributed by atoms with Gasteiger partial charge in [0.05, 0.1) is 11.8 Å². The molecule has 1 aromatic rings. The van der Waals surface area contributed by atoms with Gasteiger partial charge >= 0.3 is 0 Å². The first-order valence-electron chi connectivity index (χ1n) is 4.23. The fourth-order valence-electron chi connectivity index (χ4n) is 1.20. The molecule has 0 aromatic heterocycles. The van der Waals surface area contributed by atoms with Crippen LogP contribution in [0.4, 0.5) is 0 Å². The van der Waals surface area contributed by atoms with E-state index in [2.05, 4.69) is 39.0 Å². The molecule has 0 saturated carbocycles. The van der Waals surface area contributed by atoms with E-state index < -0.39 is 0 Å². The first-order valence-corrected chi connectivity index (χ1v) is 5.22. The Morgan fingerprint density at radius 3 is 2.54 bits per heavy atom. The highest BCUT2D eigenvalue weighted by molar-refractivity contribution is 7.99. The molecule has 0 fully saturated rings. The van der Waals surface area contributed by atoms with Gasteiger partial charge in [-0.15, -0.1) is 11.8 Å². The van der Waals surface area contributed by atoms with Crippen LogP contribution in [-0.2, 0) is 0 Å². The number of rotatable bonds is 2. The van der Waals surface area contributed by atoms with E-state index in [9.17, 15) is 0 Å². The van der Waals surface area contributed by atoms with Crippen molar-refractivity contribution in [1.82, 2.24) is 0 Å². The van der Waals surface area contributed by atoms with Gasteiger partial charge in [-0.25, -0.2) is 0 Å². The molecule has 0 N–H and O–H groups in total. The smallest absolute Gasteiger partial charge is 0.0855 e. The van der Waals surface area contributed by atoms with Crippen LogP contribution >= 0.6 is 11.8 Å². The lowest BCUT2D eigenvalue weighted by atomic mass is 10.1. The zero-order chi connectivity index (χ0) is 9.84. The number of hydrogen-bond acceptors (Lipinski definition) is 2. The van der Waals surface area contributed by atoms with Crippen LogP contribution in [0, 0.1) is 32.1 Å². The predicted molar refractivity (Wildman–Crippen MR) is 57.0 cm³/mol. The highest BCUT2D eigenvalue weighted by Crippen LogP contribution is 2.25. The summed E-state index contributed by atoms with van der Waals surface area (Å²) in [6.45, 7) is 6.35. The molecular formula is C11H13NS. The third-order valence-electron chi connectivity index (χ3n) is 2.30. The van der Waals surface area contributed by atoms with E-state index in [-0.39, 0.29) is 0 Å². The molecule has 0 aliphatic rings. The maximum Gasteiger partial charge on any atom is 0.0855 e. The summed E-state index contributed by atoms with van der Waals surface area (Å²) in [5, 5.41) is 8.47. The van der Waals surface area contributed by atoms with E-state index in [4.69, 9.17) is 5.26 Å². The lowest BCUT2D eigenvalue weighted by Gasteiger charge is -2.08. The first kappa shape index (κ1) is 10.1. The molecule has 0 atom stereocenters. The van der Waals surface area contributed by atoms with Crippen LogP contribution in [0.2, 0.25) is 0 Å². The summed E-state index contributed by atoms with van der Waals surface area (Å²) in [6.07, 6.45) is 0. The molecule has 0 radical (unpaired) electrons. The summed E-state index contributed by atoms with van der Waals surface area (Å²) in [7, 11) is 0. The predicted octanol–water partition coefficient (Wildman–Crippen LogP) is 3.23. The SMILES string of the molecule is Cc1ccc(SCC#N)c(C)c1C. The zero-order valence-corrected chi connectivity index (χ0v) is 9.03. The van der Waals surface area contributed by atoms with Gasteiger partial charge in [0.1, 0.15) is 0 Å². The number of hydrogen-bond donors (Lipinski definition) is 0. The molecule has 0 bridgehead atoms. The van der Waals surface area contributed by atoms with Gasteiger partial charge in [-0.2, -0.15) is 5.26 Å². The van der Waals surface area contributed by atoms with Crippen molar-refractivity contribution in [3.05, 3.63) is 28.8 Å². The number of benzene rings is 1. The third-order valence-corrected chi connectivity index (χ3v) is 3.33. The molecule has 0 heterocycles. The Labute approximate surface area is 83.8 Å². The van der Waals surface area contributed by atoms with Gasteiger partial charge in [0, 0.05) is 4.90 Å². The van der Waals surface area contributed by atoms with Gasteiger partial charge in [0.25, 0.3) is 0 Å². The van der Waals surface area contributed by atoms with Crippen LogP contribution in [0.5, 0.6) is 0 Å². The van der Waals surface area contributed by atoms with Gasteiger partial charge in [0.2, 0.25) is 0 Å². The van der Waals surface area contributed by atoms with Crippen molar-refractivity contribution in [3.63, 3.8) is 0 Å². The average Bonchev–Trinajstić information content (AvgIpc) is 2.13.